The average molecular weight is 205 g/mol. The lowest BCUT2D eigenvalue weighted by atomic mass is 10.1. The molecule has 0 rings (SSSR count). The van der Waals surface area contributed by atoms with E-state index in [1.807, 2.05) is 0 Å². The van der Waals surface area contributed by atoms with Crippen molar-refractivity contribution in [3.63, 3.8) is 0 Å². The lowest BCUT2D eigenvalue weighted by molar-refractivity contribution is -0.119. The van der Waals surface area contributed by atoms with Gasteiger partial charge in [0.25, 0.3) is 0 Å². The van der Waals surface area contributed by atoms with Crippen molar-refractivity contribution in [2.75, 3.05) is 5.88 Å². The van der Waals surface area contributed by atoms with Crippen molar-refractivity contribution < 1.29 is 4.79 Å². The van der Waals surface area contributed by atoms with Crippen molar-refractivity contribution >= 4 is 17.4 Å². The minimum Gasteiger partial charge on any atom is -0.300 e. The summed E-state index contributed by atoms with van der Waals surface area (Å²) in [5.41, 5.74) is 0. The fourth-order valence-corrected chi connectivity index (χ4v) is 1.45. The van der Waals surface area contributed by atoms with Gasteiger partial charge in [-0.3, -0.25) is 4.79 Å². The highest BCUT2D eigenvalue weighted by molar-refractivity contribution is 6.17. The van der Waals surface area contributed by atoms with Crippen molar-refractivity contribution in [3.8, 4) is 0 Å². The van der Waals surface area contributed by atoms with Crippen LogP contribution in [0.3, 0.4) is 0 Å². The van der Waals surface area contributed by atoms with Crippen LogP contribution in [0.25, 0.3) is 0 Å². The third-order valence-electron chi connectivity index (χ3n) is 2.15. The van der Waals surface area contributed by atoms with E-state index in [-0.39, 0.29) is 0 Å². The van der Waals surface area contributed by atoms with Crippen LogP contribution in [0, 0.1) is 0 Å². The predicted molar refractivity (Wildman–Crippen MR) is 58.3 cm³/mol. The van der Waals surface area contributed by atoms with Crippen molar-refractivity contribution in [3.05, 3.63) is 0 Å². The summed E-state index contributed by atoms with van der Waals surface area (Å²) in [6.07, 6.45) is 8.41. The largest absolute Gasteiger partial charge is 0.300 e. The Kier molecular flexibility index (Phi) is 10.0. The van der Waals surface area contributed by atoms with Gasteiger partial charge in [-0.1, -0.05) is 32.6 Å². The number of halogens is 1. The second-order valence-electron chi connectivity index (χ2n) is 3.50. The predicted octanol–water partition coefficient (Wildman–Crippen LogP) is 3.94. The number of unbranched alkanes of at least 4 members (excludes halogenated alkanes) is 4. The summed E-state index contributed by atoms with van der Waals surface area (Å²) in [6.45, 7) is 2.20. The van der Waals surface area contributed by atoms with Gasteiger partial charge in [-0.25, -0.2) is 0 Å². The van der Waals surface area contributed by atoms with Gasteiger partial charge < -0.3 is 0 Å². The Balaban J connectivity index is 3.08. The zero-order valence-electron chi connectivity index (χ0n) is 8.65. The van der Waals surface area contributed by atoms with E-state index in [1.165, 1.54) is 25.7 Å². The molecule has 0 aliphatic heterocycles. The van der Waals surface area contributed by atoms with E-state index in [9.17, 15) is 4.79 Å². The van der Waals surface area contributed by atoms with Crippen LogP contribution >= 0.6 is 11.6 Å². The molecule has 0 atom stereocenters. The van der Waals surface area contributed by atoms with Gasteiger partial charge in [0, 0.05) is 18.7 Å². The number of Topliss-reactive ketones (excluding diaryl/α,β-unsaturated/α-hetero) is 1. The van der Waals surface area contributed by atoms with Crippen molar-refractivity contribution in [2.24, 2.45) is 0 Å². The minimum absolute atomic E-state index is 0.386. The van der Waals surface area contributed by atoms with Gasteiger partial charge in [0.15, 0.2) is 0 Å². The van der Waals surface area contributed by atoms with E-state index in [4.69, 9.17) is 11.6 Å². The van der Waals surface area contributed by atoms with Crippen molar-refractivity contribution in [2.45, 2.75) is 58.3 Å². The number of hydrogen-bond acceptors (Lipinski definition) is 1. The number of alkyl halides is 1. The first-order chi connectivity index (χ1) is 6.31. The Labute approximate surface area is 86.9 Å². The van der Waals surface area contributed by atoms with E-state index >= 15 is 0 Å². The maximum Gasteiger partial charge on any atom is 0.132 e. The van der Waals surface area contributed by atoms with E-state index in [1.54, 1.807) is 0 Å². The van der Waals surface area contributed by atoms with Gasteiger partial charge in [0.2, 0.25) is 0 Å². The molecule has 0 fully saturated rings. The van der Waals surface area contributed by atoms with Crippen LogP contribution in [0.4, 0.5) is 0 Å². The van der Waals surface area contributed by atoms with Gasteiger partial charge >= 0.3 is 0 Å². The second-order valence-corrected chi connectivity index (χ2v) is 3.87. The molecular formula is C11H21ClO. The van der Waals surface area contributed by atoms with Gasteiger partial charge in [-0.2, -0.15) is 0 Å². The van der Waals surface area contributed by atoms with Gasteiger partial charge in [0.1, 0.15) is 5.78 Å². The van der Waals surface area contributed by atoms with Gasteiger partial charge in [0.05, 0.1) is 0 Å². The second kappa shape index (κ2) is 10.0. The Morgan fingerprint density at radius 2 is 1.62 bits per heavy atom. The molecule has 2 heteroatoms. The van der Waals surface area contributed by atoms with Crippen LogP contribution < -0.4 is 0 Å². The summed E-state index contributed by atoms with van der Waals surface area (Å²) in [6, 6.07) is 0. The SMILES string of the molecule is CCCCCCCC(=O)CCCCl. The highest BCUT2D eigenvalue weighted by Crippen LogP contribution is 2.07. The summed E-state index contributed by atoms with van der Waals surface area (Å²) in [5.74, 6) is 0.999. The van der Waals surface area contributed by atoms with E-state index < -0.39 is 0 Å². The maximum absolute atomic E-state index is 11.2. The summed E-state index contributed by atoms with van der Waals surface area (Å²) < 4.78 is 0. The Hall–Kier alpha value is -0.0400. The van der Waals surface area contributed by atoms with Crippen molar-refractivity contribution in [1.29, 1.82) is 0 Å². The highest BCUT2D eigenvalue weighted by Gasteiger charge is 2.00. The first kappa shape index (κ1) is 13.0. The molecule has 0 saturated carbocycles. The summed E-state index contributed by atoms with van der Waals surface area (Å²) in [5, 5.41) is 0. The molecule has 78 valence electrons. The van der Waals surface area contributed by atoms with E-state index in [0.717, 1.165) is 19.3 Å². The molecule has 0 aromatic rings. The first-order valence-electron chi connectivity index (χ1n) is 5.39. The first-order valence-corrected chi connectivity index (χ1v) is 5.92. The molecule has 13 heavy (non-hydrogen) atoms. The summed E-state index contributed by atoms with van der Waals surface area (Å²) in [7, 11) is 0. The Bertz CT molecular complexity index is 123. The quantitative estimate of drug-likeness (QED) is 0.411. The van der Waals surface area contributed by atoms with Gasteiger partial charge in [-0.15, -0.1) is 11.6 Å². The number of carbonyl (C=O) groups excluding carboxylic acids is 1. The number of hydrogen-bond donors (Lipinski definition) is 0. The van der Waals surface area contributed by atoms with Crippen LogP contribution in [0.15, 0.2) is 0 Å². The van der Waals surface area contributed by atoms with E-state index in [2.05, 4.69) is 6.92 Å². The third kappa shape index (κ3) is 9.88. The molecule has 0 amide bonds. The molecule has 0 spiro atoms. The van der Waals surface area contributed by atoms with E-state index in [0.29, 0.717) is 18.1 Å². The van der Waals surface area contributed by atoms with Crippen LogP contribution in [0.5, 0.6) is 0 Å². The van der Waals surface area contributed by atoms with Crippen LogP contribution in [0.2, 0.25) is 0 Å². The lowest BCUT2D eigenvalue weighted by Crippen LogP contribution is -1.97. The summed E-state index contributed by atoms with van der Waals surface area (Å²) in [4.78, 5) is 11.2. The summed E-state index contributed by atoms with van der Waals surface area (Å²) >= 11 is 5.50. The van der Waals surface area contributed by atoms with Crippen LogP contribution in [-0.2, 0) is 4.79 Å². The standard InChI is InChI=1S/C11H21ClO/c1-2-3-4-5-6-8-11(13)9-7-10-12/h2-10H2,1H3. The Morgan fingerprint density at radius 3 is 2.23 bits per heavy atom. The molecule has 1 nitrogen and oxygen atoms in total. The number of carbonyl (C=O) groups is 1. The fraction of sp³-hybridized carbons (Fsp3) is 0.909. The highest BCUT2D eigenvalue weighted by atomic mass is 35.5. The smallest absolute Gasteiger partial charge is 0.132 e. The monoisotopic (exact) mass is 204 g/mol. The number of rotatable bonds is 9. The van der Waals surface area contributed by atoms with Crippen molar-refractivity contribution in [1.82, 2.24) is 0 Å². The number of ketones is 1. The van der Waals surface area contributed by atoms with Crippen LogP contribution in [0.1, 0.15) is 58.3 Å². The molecule has 0 saturated heterocycles. The molecule has 0 bridgehead atoms. The average Bonchev–Trinajstić information content (AvgIpc) is 2.14. The normalized spacial score (nSPS) is 10.3. The molecule has 0 unspecified atom stereocenters. The molecule has 0 heterocycles. The zero-order chi connectivity index (χ0) is 9.94. The molecule has 0 aromatic carbocycles. The topological polar surface area (TPSA) is 17.1 Å². The van der Waals surface area contributed by atoms with Gasteiger partial charge in [-0.05, 0) is 12.8 Å². The zero-order valence-corrected chi connectivity index (χ0v) is 9.41. The fourth-order valence-electron chi connectivity index (χ4n) is 1.31. The molecule has 0 N–H and O–H groups in total. The lowest BCUT2D eigenvalue weighted by Gasteiger charge is -1.99. The molecular weight excluding hydrogens is 184 g/mol. The third-order valence-corrected chi connectivity index (χ3v) is 2.42. The molecule has 0 aliphatic rings. The molecule has 0 radical (unpaired) electrons. The Morgan fingerprint density at radius 1 is 1.00 bits per heavy atom. The minimum atomic E-state index is 0.386. The molecule has 0 aliphatic carbocycles. The molecule has 0 aromatic heterocycles. The van der Waals surface area contributed by atoms with Crippen LogP contribution in [-0.4, -0.2) is 11.7 Å². The maximum atomic E-state index is 11.2.